The first-order chi connectivity index (χ1) is 13.5. The average Bonchev–Trinajstić information content (AvgIpc) is 2.68. The number of aromatic carboxylic acids is 1. The smallest absolute Gasteiger partial charge is 0.339 e. The summed E-state index contributed by atoms with van der Waals surface area (Å²) in [6.45, 7) is 0.403. The highest BCUT2D eigenvalue weighted by Crippen LogP contribution is 2.32. The number of carboxylic acids is 1. The molecule has 3 rings (SSSR count). The molecule has 0 spiro atoms. The van der Waals surface area contributed by atoms with E-state index in [1.807, 2.05) is 0 Å². The van der Waals surface area contributed by atoms with Gasteiger partial charge in [-0.05, 0) is 59.7 Å². The van der Waals surface area contributed by atoms with E-state index in [1.165, 1.54) is 48.5 Å². The Morgan fingerprint density at radius 3 is 2.25 bits per heavy atom. The zero-order valence-electron chi connectivity index (χ0n) is 14.5. The minimum Gasteiger partial charge on any atom is -0.490 e. The molecule has 0 heterocycles. The van der Waals surface area contributed by atoms with Crippen molar-refractivity contribution in [3.63, 3.8) is 0 Å². The van der Waals surface area contributed by atoms with Gasteiger partial charge in [-0.2, -0.15) is 0 Å². The quantitative estimate of drug-likeness (QED) is 0.325. The molecule has 0 aliphatic rings. The molecule has 0 aromatic heterocycles. The zero-order valence-corrected chi connectivity index (χ0v) is 16.7. The van der Waals surface area contributed by atoms with Gasteiger partial charge >= 0.3 is 5.97 Å². The normalized spacial score (nSPS) is 10.5. The van der Waals surface area contributed by atoms with Crippen LogP contribution >= 0.6 is 22.6 Å². The van der Waals surface area contributed by atoms with Crippen LogP contribution in [0.3, 0.4) is 0 Å². The SMILES string of the molecule is O=C(O)c1ccc(-c2ccc(OCCI)c(F)c2)cc1Oc1ccc(F)cc1. The second-order valence-electron chi connectivity index (χ2n) is 5.75. The van der Waals surface area contributed by atoms with Crippen LogP contribution < -0.4 is 9.47 Å². The van der Waals surface area contributed by atoms with Crippen LogP contribution in [0.25, 0.3) is 11.1 Å². The van der Waals surface area contributed by atoms with E-state index < -0.39 is 17.6 Å². The Labute approximate surface area is 173 Å². The van der Waals surface area contributed by atoms with Gasteiger partial charge < -0.3 is 14.6 Å². The van der Waals surface area contributed by atoms with Gasteiger partial charge in [0, 0.05) is 4.43 Å². The Kier molecular flexibility index (Phi) is 6.45. The molecule has 0 amide bonds. The van der Waals surface area contributed by atoms with Crippen LogP contribution in [0.2, 0.25) is 0 Å². The molecule has 0 bridgehead atoms. The highest BCUT2D eigenvalue weighted by Gasteiger charge is 2.15. The molecule has 0 aliphatic carbocycles. The molecule has 1 N–H and O–H groups in total. The number of rotatable bonds is 7. The summed E-state index contributed by atoms with van der Waals surface area (Å²) in [4.78, 5) is 11.5. The summed E-state index contributed by atoms with van der Waals surface area (Å²) in [7, 11) is 0. The van der Waals surface area contributed by atoms with Crippen molar-refractivity contribution in [2.45, 2.75) is 0 Å². The standard InChI is InChI=1S/C21H15F2IO4/c22-15-3-5-16(6-4-15)28-20-12-14(1-7-17(20)21(25)26)13-2-8-19(18(23)11-13)27-10-9-24/h1-8,11-12H,9-10H2,(H,25,26). The number of halogens is 3. The number of alkyl halides is 1. The van der Waals surface area contributed by atoms with Crippen LogP contribution in [0.1, 0.15) is 10.4 Å². The van der Waals surface area contributed by atoms with Gasteiger partial charge in [0.05, 0.1) is 6.61 Å². The van der Waals surface area contributed by atoms with Gasteiger partial charge in [-0.25, -0.2) is 13.6 Å². The third-order valence-corrected chi connectivity index (χ3v) is 4.29. The maximum atomic E-state index is 14.3. The minimum absolute atomic E-state index is 0.0597. The largest absolute Gasteiger partial charge is 0.490 e. The first kappa shape index (κ1) is 20.1. The van der Waals surface area contributed by atoms with Crippen molar-refractivity contribution in [1.29, 1.82) is 0 Å². The molecule has 0 aliphatic heterocycles. The zero-order chi connectivity index (χ0) is 20.1. The molecule has 0 saturated heterocycles. The highest BCUT2D eigenvalue weighted by molar-refractivity contribution is 14.1. The van der Waals surface area contributed by atoms with Crippen molar-refractivity contribution in [2.75, 3.05) is 11.0 Å². The predicted molar refractivity (Wildman–Crippen MR) is 110 cm³/mol. The molecule has 3 aromatic rings. The number of hydrogen-bond donors (Lipinski definition) is 1. The van der Waals surface area contributed by atoms with Crippen molar-refractivity contribution in [2.24, 2.45) is 0 Å². The minimum atomic E-state index is -1.17. The molecule has 3 aromatic carbocycles. The van der Waals surface area contributed by atoms with E-state index in [4.69, 9.17) is 9.47 Å². The van der Waals surface area contributed by atoms with E-state index in [0.29, 0.717) is 17.7 Å². The summed E-state index contributed by atoms with van der Waals surface area (Å²) < 4.78 is 39.0. The summed E-state index contributed by atoms with van der Waals surface area (Å²) in [6, 6.07) is 14.2. The molecule has 0 radical (unpaired) electrons. The second kappa shape index (κ2) is 9.01. The van der Waals surface area contributed by atoms with Crippen LogP contribution in [0.15, 0.2) is 60.7 Å². The third-order valence-electron chi connectivity index (χ3n) is 3.85. The molecule has 0 fully saturated rings. The molecule has 144 valence electrons. The average molecular weight is 496 g/mol. The van der Waals surface area contributed by atoms with E-state index >= 15 is 0 Å². The van der Waals surface area contributed by atoms with Gasteiger partial charge in [0.15, 0.2) is 11.6 Å². The fraction of sp³-hybridized carbons (Fsp3) is 0.0952. The van der Waals surface area contributed by atoms with E-state index in [2.05, 4.69) is 22.6 Å². The number of carbonyl (C=O) groups is 1. The first-order valence-corrected chi connectivity index (χ1v) is 9.80. The molecular weight excluding hydrogens is 481 g/mol. The van der Waals surface area contributed by atoms with Crippen LogP contribution in [0.4, 0.5) is 8.78 Å². The van der Waals surface area contributed by atoms with E-state index in [9.17, 15) is 18.7 Å². The molecule has 28 heavy (non-hydrogen) atoms. The van der Waals surface area contributed by atoms with Crippen LogP contribution in [0.5, 0.6) is 17.2 Å². The van der Waals surface area contributed by atoms with Crippen molar-refractivity contribution < 1.29 is 28.2 Å². The number of hydrogen-bond acceptors (Lipinski definition) is 3. The van der Waals surface area contributed by atoms with Crippen LogP contribution in [-0.4, -0.2) is 22.1 Å². The maximum Gasteiger partial charge on any atom is 0.339 e. The predicted octanol–water partition coefficient (Wildman–Crippen LogP) is 5.94. The lowest BCUT2D eigenvalue weighted by Gasteiger charge is -2.12. The van der Waals surface area contributed by atoms with Gasteiger partial charge in [-0.1, -0.05) is 34.7 Å². The Morgan fingerprint density at radius 1 is 0.929 bits per heavy atom. The van der Waals surface area contributed by atoms with Crippen molar-refractivity contribution >= 4 is 28.6 Å². The van der Waals surface area contributed by atoms with Crippen LogP contribution in [0, 0.1) is 11.6 Å². The maximum absolute atomic E-state index is 14.3. The summed E-state index contributed by atoms with van der Waals surface area (Å²) in [5, 5.41) is 9.40. The number of carboxylic acid groups (broad SMARTS) is 1. The van der Waals surface area contributed by atoms with Gasteiger partial charge in [0.2, 0.25) is 0 Å². The molecule has 0 saturated carbocycles. The molecule has 0 unspecified atom stereocenters. The third kappa shape index (κ3) is 4.78. The Bertz CT molecular complexity index is 990. The van der Waals surface area contributed by atoms with Crippen molar-refractivity contribution in [3.05, 3.63) is 77.9 Å². The summed E-state index contributed by atoms with van der Waals surface area (Å²) in [5.74, 6) is -1.59. The number of ether oxygens (including phenoxy) is 2. The fourth-order valence-corrected chi connectivity index (χ4v) is 2.76. The molecule has 7 heteroatoms. The monoisotopic (exact) mass is 496 g/mol. The molecule has 4 nitrogen and oxygen atoms in total. The topological polar surface area (TPSA) is 55.8 Å². The number of benzene rings is 3. The lowest BCUT2D eigenvalue weighted by molar-refractivity contribution is 0.0694. The Balaban J connectivity index is 1.95. The second-order valence-corrected chi connectivity index (χ2v) is 6.83. The first-order valence-electron chi connectivity index (χ1n) is 8.27. The summed E-state index contributed by atoms with van der Waals surface area (Å²) in [5.41, 5.74) is 1.05. The summed E-state index contributed by atoms with van der Waals surface area (Å²) in [6.07, 6.45) is 0. The van der Waals surface area contributed by atoms with Gasteiger partial charge in [-0.3, -0.25) is 0 Å². The van der Waals surface area contributed by atoms with Gasteiger partial charge in [0.1, 0.15) is 22.9 Å². The molecule has 0 atom stereocenters. The lowest BCUT2D eigenvalue weighted by Crippen LogP contribution is -2.01. The van der Waals surface area contributed by atoms with E-state index in [0.717, 1.165) is 4.43 Å². The van der Waals surface area contributed by atoms with Crippen molar-refractivity contribution in [1.82, 2.24) is 0 Å². The van der Waals surface area contributed by atoms with Gasteiger partial charge in [0.25, 0.3) is 0 Å². The lowest BCUT2D eigenvalue weighted by atomic mass is 10.0. The highest BCUT2D eigenvalue weighted by atomic mass is 127. The fourth-order valence-electron chi connectivity index (χ4n) is 2.54. The summed E-state index contributed by atoms with van der Waals surface area (Å²) >= 11 is 2.13. The van der Waals surface area contributed by atoms with Crippen LogP contribution in [-0.2, 0) is 0 Å². The molecular formula is C21H15F2IO4. The van der Waals surface area contributed by atoms with Crippen molar-refractivity contribution in [3.8, 4) is 28.4 Å². The Hall–Kier alpha value is -2.68. The Morgan fingerprint density at radius 2 is 1.61 bits per heavy atom. The van der Waals surface area contributed by atoms with E-state index in [-0.39, 0.29) is 22.8 Å². The van der Waals surface area contributed by atoms with Gasteiger partial charge in [-0.15, -0.1) is 0 Å². The van der Waals surface area contributed by atoms with E-state index in [1.54, 1.807) is 12.1 Å².